The van der Waals surface area contributed by atoms with Gasteiger partial charge in [0.1, 0.15) is 0 Å². The first-order chi connectivity index (χ1) is 4.04. The summed E-state index contributed by atoms with van der Waals surface area (Å²) in [5, 5.41) is 0. The molecule has 0 rings (SSSR count). The molecular formula is C8H20Si. The third kappa shape index (κ3) is 2.52. The van der Waals surface area contributed by atoms with Gasteiger partial charge in [0.15, 0.2) is 0 Å². The van der Waals surface area contributed by atoms with Gasteiger partial charge < -0.3 is 0 Å². The number of hydrogen-bond donors (Lipinski definition) is 0. The molecule has 0 amide bonds. The monoisotopic (exact) mass is 144 g/mol. The fourth-order valence-electron chi connectivity index (χ4n) is 0.901. The Kier molecular flexibility index (Phi) is 3.48. The second kappa shape index (κ2) is 3.40. The van der Waals surface area contributed by atoms with E-state index in [1.54, 1.807) is 0 Å². The minimum absolute atomic E-state index is 0.781. The van der Waals surface area contributed by atoms with Crippen molar-refractivity contribution in [2.75, 3.05) is 0 Å². The molecule has 0 heterocycles. The SMILES string of the molecule is CCC(C)[Si](C)(C)CC. The summed E-state index contributed by atoms with van der Waals surface area (Å²) in [6.07, 6.45) is 1.37. The summed E-state index contributed by atoms with van der Waals surface area (Å²) in [7, 11) is -0.781. The van der Waals surface area contributed by atoms with E-state index >= 15 is 0 Å². The van der Waals surface area contributed by atoms with Gasteiger partial charge in [0.2, 0.25) is 0 Å². The Labute approximate surface area is 60.7 Å². The molecule has 0 aromatic heterocycles. The van der Waals surface area contributed by atoms with E-state index in [4.69, 9.17) is 0 Å². The zero-order valence-electron chi connectivity index (χ0n) is 7.49. The lowest BCUT2D eigenvalue weighted by atomic mass is 10.4. The Bertz CT molecular complexity index is 76.6. The summed E-state index contributed by atoms with van der Waals surface area (Å²) in [6.45, 7) is 12.0. The van der Waals surface area contributed by atoms with Crippen molar-refractivity contribution in [2.24, 2.45) is 0 Å². The van der Waals surface area contributed by atoms with Crippen molar-refractivity contribution in [2.45, 2.75) is 51.9 Å². The van der Waals surface area contributed by atoms with Crippen LogP contribution < -0.4 is 0 Å². The van der Waals surface area contributed by atoms with Crippen LogP contribution in [0.4, 0.5) is 0 Å². The largest absolute Gasteiger partial charge is 0.0692 e. The lowest BCUT2D eigenvalue weighted by Gasteiger charge is -2.27. The summed E-state index contributed by atoms with van der Waals surface area (Å²) in [6, 6.07) is 1.43. The molecule has 0 N–H and O–H groups in total. The highest BCUT2D eigenvalue weighted by Crippen LogP contribution is 2.27. The minimum atomic E-state index is -0.781. The first-order valence-corrected chi connectivity index (χ1v) is 7.33. The highest BCUT2D eigenvalue weighted by atomic mass is 28.3. The van der Waals surface area contributed by atoms with Gasteiger partial charge in [-0.25, -0.2) is 0 Å². The van der Waals surface area contributed by atoms with Crippen LogP contribution in [0.1, 0.15) is 27.2 Å². The molecule has 0 radical (unpaired) electrons. The first kappa shape index (κ1) is 9.22. The second-order valence-electron chi connectivity index (χ2n) is 3.65. The molecule has 0 aliphatic rings. The average Bonchev–Trinajstić information content (AvgIpc) is 1.86. The summed E-state index contributed by atoms with van der Waals surface area (Å²) in [5.41, 5.74) is 1.00. The molecule has 0 aliphatic heterocycles. The molecule has 0 spiro atoms. The van der Waals surface area contributed by atoms with Gasteiger partial charge >= 0.3 is 0 Å². The molecule has 0 fully saturated rings. The normalized spacial score (nSPS) is 15.7. The van der Waals surface area contributed by atoms with Crippen LogP contribution in [0.3, 0.4) is 0 Å². The second-order valence-corrected chi connectivity index (χ2v) is 9.32. The van der Waals surface area contributed by atoms with E-state index in [1.165, 1.54) is 12.5 Å². The van der Waals surface area contributed by atoms with E-state index in [-0.39, 0.29) is 0 Å². The molecule has 1 unspecified atom stereocenters. The molecule has 1 atom stereocenters. The molecule has 56 valence electrons. The van der Waals surface area contributed by atoms with E-state index in [0.717, 1.165) is 5.54 Å². The third-order valence-electron chi connectivity index (χ3n) is 2.86. The molecule has 0 saturated heterocycles. The smallest absolute Gasteiger partial charge is 0.0499 e. The first-order valence-electron chi connectivity index (χ1n) is 4.04. The zero-order valence-corrected chi connectivity index (χ0v) is 8.49. The fourth-order valence-corrected chi connectivity index (χ4v) is 2.70. The van der Waals surface area contributed by atoms with Crippen molar-refractivity contribution in [3.63, 3.8) is 0 Å². The summed E-state index contributed by atoms with van der Waals surface area (Å²) < 4.78 is 0. The van der Waals surface area contributed by atoms with E-state index in [0.29, 0.717) is 0 Å². The van der Waals surface area contributed by atoms with Crippen molar-refractivity contribution in [1.82, 2.24) is 0 Å². The molecule has 0 saturated carbocycles. The van der Waals surface area contributed by atoms with Gasteiger partial charge in [0, 0.05) is 8.07 Å². The number of rotatable bonds is 3. The quantitative estimate of drug-likeness (QED) is 0.532. The molecule has 0 bridgehead atoms. The lowest BCUT2D eigenvalue weighted by molar-refractivity contribution is 0.834. The maximum absolute atomic E-state index is 2.49. The molecule has 0 aliphatic carbocycles. The molecule has 0 aromatic carbocycles. The van der Waals surface area contributed by atoms with Crippen LogP contribution in [0.2, 0.25) is 24.7 Å². The van der Waals surface area contributed by atoms with Gasteiger partial charge in [0.05, 0.1) is 0 Å². The van der Waals surface area contributed by atoms with Crippen molar-refractivity contribution < 1.29 is 0 Å². The van der Waals surface area contributed by atoms with Crippen LogP contribution in [-0.2, 0) is 0 Å². The Morgan fingerprint density at radius 1 is 1.22 bits per heavy atom. The van der Waals surface area contributed by atoms with Gasteiger partial charge in [-0.1, -0.05) is 46.3 Å². The van der Waals surface area contributed by atoms with Gasteiger partial charge in [-0.3, -0.25) is 0 Å². The highest BCUT2D eigenvalue weighted by Gasteiger charge is 2.23. The van der Waals surface area contributed by atoms with Gasteiger partial charge in [-0.2, -0.15) is 0 Å². The zero-order chi connectivity index (χ0) is 7.49. The Morgan fingerprint density at radius 3 is 1.78 bits per heavy atom. The predicted octanol–water partition coefficient (Wildman–Crippen LogP) is 3.51. The molecule has 1 heteroatoms. The standard InChI is InChI=1S/C8H20Si/c1-6-8(3)9(4,5)7-2/h8H,6-7H2,1-5H3. The van der Waals surface area contributed by atoms with Crippen molar-refractivity contribution in [3.8, 4) is 0 Å². The Morgan fingerprint density at radius 2 is 1.67 bits per heavy atom. The van der Waals surface area contributed by atoms with E-state index < -0.39 is 8.07 Å². The molecule has 0 aromatic rings. The maximum atomic E-state index is 2.49. The molecule has 9 heavy (non-hydrogen) atoms. The summed E-state index contributed by atoms with van der Waals surface area (Å²) in [5.74, 6) is 0. The highest BCUT2D eigenvalue weighted by molar-refractivity contribution is 6.78. The van der Waals surface area contributed by atoms with Gasteiger partial charge in [0.25, 0.3) is 0 Å². The van der Waals surface area contributed by atoms with Crippen LogP contribution in [-0.4, -0.2) is 8.07 Å². The third-order valence-corrected chi connectivity index (χ3v) is 7.76. The van der Waals surface area contributed by atoms with Crippen molar-refractivity contribution in [3.05, 3.63) is 0 Å². The van der Waals surface area contributed by atoms with Gasteiger partial charge in [-0.15, -0.1) is 0 Å². The lowest BCUT2D eigenvalue weighted by Crippen LogP contribution is -2.29. The Hall–Kier alpha value is 0.217. The summed E-state index contributed by atoms with van der Waals surface area (Å²) >= 11 is 0. The van der Waals surface area contributed by atoms with Crippen molar-refractivity contribution in [1.29, 1.82) is 0 Å². The topological polar surface area (TPSA) is 0 Å². The van der Waals surface area contributed by atoms with E-state index in [1.807, 2.05) is 0 Å². The Balaban J connectivity index is 3.80. The molecular weight excluding hydrogens is 124 g/mol. The maximum Gasteiger partial charge on any atom is 0.0499 e. The fraction of sp³-hybridized carbons (Fsp3) is 1.00. The van der Waals surface area contributed by atoms with Gasteiger partial charge in [-0.05, 0) is 5.54 Å². The van der Waals surface area contributed by atoms with E-state index in [9.17, 15) is 0 Å². The van der Waals surface area contributed by atoms with Crippen LogP contribution in [0.15, 0.2) is 0 Å². The average molecular weight is 144 g/mol. The molecule has 0 nitrogen and oxygen atoms in total. The summed E-state index contributed by atoms with van der Waals surface area (Å²) in [4.78, 5) is 0. The van der Waals surface area contributed by atoms with Crippen LogP contribution in [0.5, 0.6) is 0 Å². The number of hydrogen-bond acceptors (Lipinski definition) is 0. The van der Waals surface area contributed by atoms with Crippen LogP contribution in [0, 0.1) is 0 Å². The van der Waals surface area contributed by atoms with Crippen LogP contribution in [0.25, 0.3) is 0 Å². The predicted molar refractivity (Wildman–Crippen MR) is 47.7 cm³/mol. The minimum Gasteiger partial charge on any atom is -0.0692 e. The van der Waals surface area contributed by atoms with E-state index in [2.05, 4.69) is 33.9 Å². The van der Waals surface area contributed by atoms with Crippen LogP contribution >= 0.6 is 0 Å². The van der Waals surface area contributed by atoms with Crippen molar-refractivity contribution >= 4 is 8.07 Å².